The lowest BCUT2D eigenvalue weighted by Gasteiger charge is -2.06. The molecule has 106 valence electrons. The number of benzene rings is 1. The molecule has 0 atom stereocenters. The van der Waals surface area contributed by atoms with Crippen molar-refractivity contribution < 1.29 is 14.3 Å². The standard InChI is InChI=1S/C14H9ClFN3O2/c1-19-6-7(5-17-19)12-3-9(14(20)21)8-2-10(15)11(16)4-13(8)18-12/h2-6H,1H3,(H,20,21). The molecule has 0 saturated carbocycles. The summed E-state index contributed by atoms with van der Waals surface area (Å²) in [5.41, 5.74) is 1.31. The van der Waals surface area contributed by atoms with Crippen molar-refractivity contribution in [2.75, 3.05) is 0 Å². The highest BCUT2D eigenvalue weighted by Crippen LogP contribution is 2.28. The topological polar surface area (TPSA) is 68.0 Å². The van der Waals surface area contributed by atoms with E-state index < -0.39 is 11.8 Å². The zero-order valence-corrected chi connectivity index (χ0v) is 11.6. The Morgan fingerprint density at radius 3 is 2.76 bits per heavy atom. The first-order valence-electron chi connectivity index (χ1n) is 5.98. The van der Waals surface area contributed by atoms with Gasteiger partial charge in [0.1, 0.15) is 5.82 Å². The molecule has 1 aromatic carbocycles. The van der Waals surface area contributed by atoms with Gasteiger partial charge < -0.3 is 5.11 Å². The molecule has 0 bridgehead atoms. The van der Waals surface area contributed by atoms with Crippen LogP contribution in [0.25, 0.3) is 22.2 Å². The fraction of sp³-hybridized carbons (Fsp3) is 0.0714. The summed E-state index contributed by atoms with van der Waals surface area (Å²) >= 11 is 5.72. The number of nitrogens with zero attached hydrogens (tertiary/aromatic N) is 3. The Morgan fingerprint density at radius 2 is 2.14 bits per heavy atom. The first-order chi connectivity index (χ1) is 9.95. The van der Waals surface area contributed by atoms with Gasteiger partial charge in [0.2, 0.25) is 0 Å². The average Bonchev–Trinajstić information content (AvgIpc) is 2.85. The average molecular weight is 306 g/mol. The number of fused-ring (bicyclic) bond motifs is 1. The van der Waals surface area contributed by atoms with E-state index in [1.807, 2.05) is 0 Å². The van der Waals surface area contributed by atoms with Gasteiger partial charge in [0.05, 0.1) is 28.0 Å². The number of hydrogen-bond acceptors (Lipinski definition) is 3. The monoisotopic (exact) mass is 305 g/mol. The van der Waals surface area contributed by atoms with Crippen LogP contribution in [-0.2, 0) is 7.05 Å². The van der Waals surface area contributed by atoms with Crippen molar-refractivity contribution in [2.24, 2.45) is 7.05 Å². The zero-order valence-electron chi connectivity index (χ0n) is 10.8. The number of carboxylic acid groups (broad SMARTS) is 1. The number of carboxylic acids is 1. The lowest BCUT2D eigenvalue weighted by Crippen LogP contribution is -2.00. The molecule has 0 fully saturated rings. The zero-order chi connectivity index (χ0) is 15.1. The number of hydrogen-bond donors (Lipinski definition) is 1. The smallest absolute Gasteiger partial charge is 0.336 e. The van der Waals surface area contributed by atoms with E-state index in [4.69, 9.17) is 11.6 Å². The Labute approximate surface area is 123 Å². The minimum atomic E-state index is -1.13. The van der Waals surface area contributed by atoms with Crippen LogP contribution in [-0.4, -0.2) is 25.8 Å². The predicted octanol–water partition coefficient (Wildman–Crippen LogP) is 3.13. The summed E-state index contributed by atoms with van der Waals surface area (Å²) in [5, 5.41) is 13.5. The molecule has 3 aromatic rings. The van der Waals surface area contributed by atoms with Crippen molar-refractivity contribution in [3.63, 3.8) is 0 Å². The molecule has 0 unspecified atom stereocenters. The maximum absolute atomic E-state index is 13.6. The van der Waals surface area contributed by atoms with Crippen molar-refractivity contribution in [1.29, 1.82) is 0 Å². The molecule has 0 aliphatic carbocycles. The second kappa shape index (κ2) is 4.82. The van der Waals surface area contributed by atoms with Crippen LogP contribution >= 0.6 is 11.6 Å². The fourth-order valence-electron chi connectivity index (χ4n) is 2.10. The van der Waals surface area contributed by atoms with Gasteiger partial charge >= 0.3 is 5.97 Å². The Balaban J connectivity index is 2.34. The predicted molar refractivity (Wildman–Crippen MR) is 75.9 cm³/mol. The second-order valence-corrected chi connectivity index (χ2v) is 4.95. The first kappa shape index (κ1) is 13.5. The molecule has 3 rings (SSSR count). The highest BCUT2D eigenvalue weighted by Gasteiger charge is 2.15. The number of pyridine rings is 1. The van der Waals surface area contributed by atoms with Gasteiger partial charge in [0.15, 0.2) is 0 Å². The molecule has 2 heterocycles. The first-order valence-corrected chi connectivity index (χ1v) is 6.35. The van der Waals surface area contributed by atoms with E-state index in [2.05, 4.69) is 10.1 Å². The molecule has 0 aliphatic heterocycles. The summed E-state index contributed by atoms with van der Waals surface area (Å²) in [6, 6.07) is 3.83. The van der Waals surface area contributed by atoms with Crippen LogP contribution in [0, 0.1) is 5.82 Å². The number of halogens is 2. The summed E-state index contributed by atoms with van der Waals surface area (Å²) < 4.78 is 15.2. The van der Waals surface area contributed by atoms with Crippen LogP contribution < -0.4 is 0 Å². The minimum absolute atomic E-state index is 0.0146. The van der Waals surface area contributed by atoms with Crippen molar-refractivity contribution in [2.45, 2.75) is 0 Å². The van der Waals surface area contributed by atoms with Gasteiger partial charge in [-0.3, -0.25) is 4.68 Å². The van der Waals surface area contributed by atoms with Gasteiger partial charge in [-0.2, -0.15) is 5.10 Å². The van der Waals surface area contributed by atoms with E-state index in [0.717, 1.165) is 6.07 Å². The molecule has 0 saturated heterocycles. The molecule has 2 aromatic heterocycles. The Morgan fingerprint density at radius 1 is 1.38 bits per heavy atom. The molecule has 0 aliphatic rings. The van der Waals surface area contributed by atoms with Crippen molar-refractivity contribution >= 4 is 28.5 Å². The lowest BCUT2D eigenvalue weighted by molar-refractivity contribution is 0.0699. The van der Waals surface area contributed by atoms with Gasteiger partial charge in [-0.25, -0.2) is 14.2 Å². The molecule has 5 nitrogen and oxygen atoms in total. The highest BCUT2D eigenvalue weighted by molar-refractivity contribution is 6.31. The van der Waals surface area contributed by atoms with Crippen molar-refractivity contribution in [3.05, 3.63) is 47.0 Å². The van der Waals surface area contributed by atoms with Gasteiger partial charge in [-0.15, -0.1) is 0 Å². The maximum Gasteiger partial charge on any atom is 0.336 e. The molecule has 1 N–H and O–H groups in total. The minimum Gasteiger partial charge on any atom is -0.478 e. The molecule has 21 heavy (non-hydrogen) atoms. The summed E-state index contributed by atoms with van der Waals surface area (Å²) in [6.07, 6.45) is 3.26. The van der Waals surface area contributed by atoms with Crippen molar-refractivity contribution in [3.8, 4) is 11.3 Å². The third-order valence-electron chi connectivity index (χ3n) is 3.08. The van der Waals surface area contributed by atoms with E-state index in [9.17, 15) is 14.3 Å². The van der Waals surface area contributed by atoms with E-state index in [1.54, 1.807) is 24.1 Å². The maximum atomic E-state index is 13.6. The third-order valence-corrected chi connectivity index (χ3v) is 3.37. The molecule has 0 radical (unpaired) electrons. The van der Waals surface area contributed by atoms with Gasteiger partial charge in [-0.05, 0) is 12.1 Å². The number of aryl methyl sites for hydroxylation is 1. The molecule has 0 spiro atoms. The summed E-state index contributed by atoms with van der Waals surface area (Å²) in [5.74, 6) is -1.77. The van der Waals surface area contributed by atoms with Gasteiger partial charge in [-0.1, -0.05) is 11.6 Å². The largest absolute Gasteiger partial charge is 0.478 e. The van der Waals surface area contributed by atoms with Gasteiger partial charge in [0, 0.05) is 30.3 Å². The summed E-state index contributed by atoms with van der Waals surface area (Å²) in [7, 11) is 1.74. The Kier molecular flexibility index (Phi) is 3.10. The molecule has 7 heteroatoms. The van der Waals surface area contributed by atoms with Crippen LogP contribution in [0.5, 0.6) is 0 Å². The van der Waals surface area contributed by atoms with E-state index in [0.29, 0.717) is 16.6 Å². The van der Waals surface area contributed by atoms with Crippen LogP contribution in [0.3, 0.4) is 0 Å². The molecular formula is C14H9ClFN3O2. The summed E-state index contributed by atoms with van der Waals surface area (Å²) in [4.78, 5) is 15.7. The normalized spacial score (nSPS) is 11.0. The highest BCUT2D eigenvalue weighted by atomic mass is 35.5. The van der Waals surface area contributed by atoms with E-state index in [-0.39, 0.29) is 16.1 Å². The van der Waals surface area contributed by atoms with Crippen LogP contribution in [0.1, 0.15) is 10.4 Å². The Hall–Kier alpha value is -2.47. The number of rotatable bonds is 2. The Bertz CT molecular complexity index is 876. The molecular weight excluding hydrogens is 297 g/mol. The third kappa shape index (κ3) is 2.34. The number of carbonyl (C=O) groups is 1. The van der Waals surface area contributed by atoms with Crippen LogP contribution in [0.15, 0.2) is 30.6 Å². The fourth-order valence-corrected chi connectivity index (χ4v) is 2.26. The molecule has 0 amide bonds. The van der Waals surface area contributed by atoms with Crippen LogP contribution in [0.4, 0.5) is 4.39 Å². The SMILES string of the molecule is Cn1cc(-c2cc(C(=O)O)c3cc(Cl)c(F)cc3n2)cn1. The van der Waals surface area contributed by atoms with E-state index >= 15 is 0 Å². The number of aromatic carboxylic acids is 1. The number of aromatic nitrogens is 3. The lowest BCUT2D eigenvalue weighted by atomic mass is 10.1. The quantitative estimate of drug-likeness (QED) is 0.790. The van der Waals surface area contributed by atoms with Crippen LogP contribution in [0.2, 0.25) is 5.02 Å². The van der Waals surface area contributed by atoms with E-state index in [1.165, 1.54) is 12.1 Å². The van der Waals surface area contributed by atoms with Crippen molar-refractivity contribution in [1.82, 2.24) is 14.8 Å². The summed E-state index contributed by atoms with van der Waals surface area (Å²) in [6.45, 7) is 0. The second-order valence-electron chi connectivity index (χ2n) is 4.55. The van der Waals surface area contributed by atoms with Gasteiger partial charge in [0.25, 0.3) is 0 Å².